The first-order valence-electron chi connectivity index (χ1n) is 3.89. The number of ether oxygens (including phenoxy) is 2. The van der Waals surface area contributed by atoms with Gasteiger partial charge in [0, 0.05) is 6.07 Å². The Bertz CT molecular complexity index is 338. The molecule has 0 aliphatic carbocycles. The van der Waals surface area contributed by atoms with E-state index in [1.54, 1.807) is 12.1 Å². The lowest BCUT2D eigenvalue weighted by atomic mass is 10.2. The standard InChI is InChI=1S/C9H11NO4/c1-13-6-3-4-7(9(11)10-12)8(5-6)14-2/h3-5,12H,1-2H3,(H,10,11). The second-order valence-corrected chi connectivity index (χ2v) is 2.51. The maximum atomic E-state index is 11.1. The molecule has 0 radical (unpaired) electrons. The van der Waals surface area contributed by atoms with E-state index < -0.39 is 5.91 Å². The molecule has 0 aliphatic heterocycles. The lowest BCUT2D eigenvalue weighted by Crippen LogP contribution is -2.19. The monoisotopic (exact) mass is 197 g/mol. The fourth-order valence-electron chi connectivity index (χ4n) is 1.05. The molecule has 0 bridgehead atoms. The summed E-state index contributed by atoms with van der Waals surface area (Å²) < 4.78 is 9.91. The molecule has 0 heterocycles. The smallest absolute Gasteiger partial charge is 0.278 e. The SMILES string of the molecule is COc1ccc(C(=O)NO)c(OC)c1. The van der Waals surface area contributed by atoms with Crippen LogP contribution in [0.5, 0.6) is 11.5 Å². The van der Waals surface area contributed by atoms with Gasteiger partial charge in [-0.15, -0.1) is 0 Å². The van der Waals surface area contributed by atoms with Crippen LogP contribution in [0, 0.1) is 0 Å². The molecule has 14 heavy (non-hydrogen) atoms. The van der Waals surface area contributed by atoms with Gasteiger partial charge in [-0.25, -0.2) is 5.48 Å². The van der Waals surface area contributed by atoms with Crippen LogP contribution in [0.4, 0.5) is 0 Å². The Kier molecular flexibility index (Phi) is 3.30. The van der Waals surface area contributed by atoms with Gasteiger partial charge >= 0.3 is 0 Å². The van der Waals surface area contributed by atoms with Crippen LogP contribution < -0.4 is 15.0 Å². The molecule has 76 valence electrons. The average molecular weight is 197 g/mol. The lowest BCUT2D eigenvalue weighted by Gasteiger charge is -2.08. The average Bonchev–Trinajstić information content (AvgIpc) is 2.27. The van der Waals surface area contributed by atoms with Crippen molar-refractivity contribution in [3.63, 3.8) is 0 Å². The summed E-state index contributed by atoms with van der Waals surface area (Å²) in [5.41, 5.74) is 1.78. The van der Waals surface area contributed by atoms with Gasteiger partial charge in [-0.2, -0.15) is 0 Å². The van der Waals surface area contributed by atoms with E-state index in [1.165, 1.54) is 25.8 Å². The zero-order valence-electron chi connectivity index (χ0n) is 7.90. The van der Waals surface area contributed by atoms with E-state index in [2.05, 4.69) is 0 Å². The quantitative estimate of drug-likeness (QED) is 0.556. The van der Waals surface area contributed by atoms with Crippen molar-refractivity contribution in [1.82, 2.24) is 5.48 Å². The fourth-order valence-corrected chi connectivity index (χ4v) is 1.05. The largest absolute Gasteiger partial charge is 0.497 e. The van der Waals surface area contributed by atoms with Crippen molar-refractivity contribution in [2.24, 2.45) is 0 Å². The second kappa shape index (κ2) is 4.48. The number of carbonyl (C=O) groups excluding carboxylic acids is 1. The van der Waals surface area contributed by atoms with E-state index in [4.69, 9.17) is 14.7 Å². The van der Waals surface area contributed by atoms with Crippen molar-refractivity contribution < 1.29 is 19.5 Å². The van der Waals surface area contributed by atoms with E-state index in [1.807, 2.05) is 0 Å². The minimum atomic E-state index is -0.621. The normalized spacial score (nSPS) is 9.36. The Morgan fingerprint density at radius 1 is 1.36 bits per heavy atom. The van der Waals surface area contributed by atoms with Crippen LogP contribution in [0.15, 0.2) is 18.2 Å². The maximum Gasteiger partial charge on any atom is 0.278 e. The maximum absolute atomic E-state index is 11.1. The van der Waals surface area contributed by atoms with Crippen LogP contribution in [-0.2, 0) is 0 Å². The number of carbonyl (C=O) groups is 1. The van der Waals surface area contributed by atoms with Crippen LogP contribution in [0.25, 0.3) is 0 Å². The van der Waals surface area contributed by atoms with E-state index in [9.17, 15) is 4.79 Å². The zero-order chi connectivity index (χ0) is 10.6. The summed E-state index contributed by atoms with van der Waals surface area (Å²) in [6, 6.07) is 4.67. The molecule has 0 saturated heterocycles. The summed E-state index contributed by atoms with van der Waals surface area (Å²) in [6.45, 7) is 0. The number of amides is 1. The number of hydroxylamine groups is 1. The highest BCUT2D eigenvalue weighted by Gasteiger charge is 2.11. The van der Waals surface area contributed by atoms with E-state index in [-0.39, 0.29) is 5.56 Å². The Balaban J connectivity index is 3.11. The van der Waals surface area contributed by atoms with Crippen molar-refractivity contribution in [3.8, 4) is 11.5 Å². The van der Waals surface area contributed by atoms with Crippen molar-refractivity contribution in [2.75, 3.05) is 14.2 Å². The molecule has 2 N–H and O–H groups in total. The summed E-state index contributed by atoms with van der Waals surface area (Å²) >= 11 is 0. The van der Waals surface area contributed by atoms with E-state index >= 15 is 0 Å². The van der Waals surface area contributed by atoms with Gasteiger partial charge in [0.1, 0.15) is 11.5 Å². The van der Waals surface area contributed by atoms with Gasteiger partial charge in [0.2, 0.25) is 0 Å². The number of nitrogens with one attached hydrogen (secondary N) is 1. The zero-order valence-corrected chi connectivity index (χ0v) is 7.90. The van der Waals surface area contributed by atoms with Crippen molar-refractivity contribution in [1.29, 1.82) is 0 Å². The molecule has 1 rings (SSSR count). The number of hydrogen-bond donors (Lipinski definition) is 2. The molecule has 0 spiro atoms. The third kappa shape index (κ3) is 1.94. The molecule has 0 atom stereocenters. The minimum Gasteiger partial charge on any atom is -0.497 e. The van der Waals surface area contributed by atoms with Crippen molar-refractivity contribution in [3.05, 3.63) is 23.8 Å². The van der Waals surface area contributed by atoms with Crippen LogP contribution >= 0.6 is 0 Å². The Labute approximate surface area is 81.2 Å². The number of rotatable bonds is 3. The van der Waals surface area contributed by atoms with Gasteiger partial charge in [-0.1, -0.05) is 0 Å². The summed E-state index contributed by atoms with van der Waals surface area (Å²) in [4.78, 5) is 11.1. The molecule has 5 heteroatoms. The molecule has 0 aromatic heterocycles. The van der Waals surface area contributed by atoms with Gasteiger partial charge in [0.25, 0.3) is 5.91 Å². The summed E-state index contributed by atoms with van der Waals surface area (Å²) in [7, 11) is 2.95. The third-order valence-electron chi connectivity index (χ3n) is 1.75. The molecule has 5 nitrogen and oxygen atoms in total. The topological polar surface area (TPSA) is 67.8 Å². The second-order valence-electron chi connectivity index (χ2n) is 2.51. The predicted molar refractivity (Wildman–Crippen MR) is 48.8 cm³/mol. The Morgan fingerprint density at radius 2 is 2.07 bits per heavy atom. The first-order valence-corrected chi connectivity index (χ1v) is 3.89. The van der Waals surface area contributed by atoms with Gasteiger partial charge in [-0.05, 0) is 12.1 Å². The first-order chi connectivity index (χ1) is 6.72. The summed E-state index contributed by atoms with van der Waals surface area (Å²) in [5.74, 6) is 0.303. The van der Waals surface area contributed by atoms with E-state index in [0.29, 0.717) is 11.5 Å². The third-order valence-corrected chi connectivity index (χ3v) is 1.75. The van der Waals surface area contributed by atoms with E-state index in [0.717, 1.165) is 0 Å². The van der Waals surface area contributed by atoms with Gasteiger partial charge < -0.3 is 9.47 Å². The van der Waals surface area contributed by atoms with Gasteiger partial charge in [0.15, 0.2) is 0 Å². The number of hydrogen-bond acceptors (Lipinski definition) is 4. The number of benzene rings is 1. The molecule has 0 unspecified atom stereocenters. The molecular weight excluding hydrogens is 186 g/mol. The van der Waals surface area contributed by atoms with Gasteiger partial charge in [0.05, 0.1) is 19.8 Å². The van der Waals surface area contributed by atoms with Crippen LogP contribution in [0.3, 0.4) is 0 Å². The van der Waals surface area contributed by atoms with Crippen LogP contribution in [0.2, 0.25) is 0 Å². The lowest BCUT2D eigenvalue weighted by molar-refractivity contribution is 0.0703. The highest BCUT2D eigenvalue weighted by molar-refractivity contribution is 5.96. The molecule has 1 amide bonds. The Hall–Kier alpha value is -1.75. The van der Waals surface area contributed by atoms with Crippen molar-refractivity contribution in [2.45, 2.75) is 0 Å². The van der Waals surface area contributed by atoms with Crippen molar-refractivity contribution >= 4 is 5.91 Å². The molecule has 1 aromatic rings. The summed E-state index contributed by atoms with van der Waals surface area (Å²) in [6.07, 6.45) is 0. The first kappa shape index (κ1) is 10.3. The fraction of sp³-hybridized carbons (Fsp3) is 0.222. The van der Waals surface area contributed by atoms with Crippen LogP contribution in [0.1, 0.15) is 10.4 Å². The summed E-state index contributed by atoms with van der Waals surface area (Å²) in [5, 5.41) is 8.45. The molecule has 0 aliphatic rings. The predicted octanol–water partition coefficient (Wildman–Crippen LogP) is 0.823. The highest BCUT2D eigenvalue weighted by Crippen LogP contribution is 2.24. The Morgan fingerprint density at radius 3 is 2.57 bits per heavy atom. The molecule has 0 fully saturated rings. The van der Waals surface area contributed by atoms with Crippen LogP contribution in [-0.4, -0.2) is 25.3 Å². The number of methoxy groups -OCH3 is 2. The molecular formula is C9H11NO4. The molecule has 1 aromatic carbocycles. The highest BCUT2D eigenvalue weighted by atomic mass is 16.5. The molecule has 0 saturated carbocycles. The van der Waals surface area contributed by atoms with Gasteiger partial charge in [-0.3, -0.25) is 10.0 Å². The minimum absolute atomic E-state index is 0.246.